The number of rotatable bonds is 5. The normalized spacial score (nSPS) is 20.5. The van der Waals surface area contributed by atoms with Crippen LogP contribution in [0, 0.1) is 5.92 Å². The van der Waals surface area contributed by atoms with Crippen molar-refractivity contribution in [3.05, 3.63) is 18.2 Å². The molecule has 1 aromatic heterocycles. The first-order valence-corrected chi connectivity index (χ1v) is 10.2. The molecule has 2 atom stereocenters. The van der Waals surface area contributed by atoms with Crippen LogP contribution < -0.4 is 5.32 Å². The Morgan fingerprint density at radius 2 is 2.28 bits per heavy atom. The van der Waals surface area contributed by atoms with Crippen LogP contribution in [0.4, 0.5) is 0 Å². The van der Waals surface area contributed by atoms with Crippen molar-refractivity contribution >= 4 is 38.7 Å². The molecule has 2 heterocycles. The van der Waals surface area contributed by atoms with Gasteiger partial charge in [0.15, 0.2) is 0 Å². The van der Waals surface area contributed by atoms with E-state index in [1.807, 2.05) is 0 Å². The van der Waals surface area contributed by atoms with E-state index in [2.05, 4.69) is 14.1 Å². The Morgan fingerprint density at radius 3 is 3.04 bits per heavy atom. The number of benzene rings is 1. The Kier molecular flexibility index (Phi) is 5.32. The van der Waals surface area contributed by atoms with Crippen molar-refractivity contribution in [3.8, 4) is 0 Å². The molecule has 0 radical (unpaired) electrons. The third-order valence-electron chi connectivity index (χ3n) is 4.19. The molecule has 25 heavy (non-hydrogen) atoms. The molecule has 3 rings (SSSR count). The van der Waals surface area contributed by atoms with Crippen molar-refractivity contribution in [2.75, 3.05) is 19.6 Å². The summed E-state index contributed by atoms with van der Waals surface area (Å²) in [7, 11) is -3.75. The van der Waals surface area contributed by atoms with Crippen molar-refractivity contribution in [1.29, 1.82) is 0 Å². The zero-order valence-electron chi connectivity index (χ0n) is 13.8. The summed E-state index contributed by atoms with van der Waals surface area (Å²) < 4.78 is 35.6. The highest BCUT2D eigenvalue weighted by atomic mass is 32.2. The molecule has 0 aliphatic carbocycles. The van der Waals surface area contributed by atoms with Crippen LogP contribution in [0.25, 0.3) is 11.0 Å². The number of carbonyl (C=O) groups is 1. The van der Waals surface area contributed by atoms with Gasteiger partial charge in [-0.1, -0.05) is 6.07 Å². The fourth-order valence-electron chi connectivity index (χ4n) is 2.90. The Balaban J connectivity index is 1.80. The second-order valence-electron chi connectivity index (χ2n) is 6.18. The number of aliphatic hydroxyl groups excluding tert-OH is 1. The van der Waals surface area contributed by atoms with Crippen LogP contribution in [0.1, 0.15) is 19.8 Å². The molecule has 1 amide bonds. The molecule has 2 N–H and O–H groups in total. The van der Waals surface area contributed by atoms with E-state index in [9.17, 15) is 18.3 Å². The Bertz CT molecular complexity index is 865. The number of fused-ring (bicyclic) bond motifs is 1. The van der Waals surface area contributed by atoms with Gasteiger partial charge in [0, 0.05) is 19.6 Å². The average molecular weight is 384 g/mol. The first-order chi connectivity index (χ1) is 11.9. The van der Waals surface area contributed by atoms with E-state index in [4.69, 9.17) is 0 Å². The van der Waals surface area contributed by atoms with E-state index < -0.39 is 22.0 Å². The SMILES string of the molecule is C[C@H](O)CNC(=O)[C@H]1CCCN(S(=O)(=O)c2cccc3nsnc23)C1. The summed E-state index contributed by atoms with van der Waals surface area (Å²) >= 11 is 0.974. The van der Waals surface area contributed by atoms with Crippen LogP contribution in [-0.4, -0.2) is 58.2 Å². The number of aliphatic hydroxyl groups is 1. The quantitative estimate of drug-likeness (QED) is 0.780. The van der Waals surface area contributed by atoms with E-state index in [0.717, 1.165) is 11.7 Å². The molecule has 10 heteroatoms. The minimum Gasteiger partial charge on any atom is -0.392 e. The fourth-order valence-corrected chi connectivity index (χ4v) is 5.17. The van der Waals surface area contributed by atoms with Gasteiger partial charge in [0.2, 0.25) is 15.9 Å². The lowest BCUT2D eigenvalue weighted by atomic mass is 9.99. The molecule has 0 saturated carbocycles. The molecule has 136 valence electrons. The smallest absolute Gasteiger partial charge is 0.245 e. The number of nitrogens with zero attached hydrogens (tertiary/aromatic N) is 3. The van der Waals surface area contributed by atoms with Crippen LogP contribution in [0.2, 0.25) is 0 Å². The third kappa shape index (κ3) is 3.81. The minimum absolute atomic E-state index is 0.127. The minimum atomic E-state index is -3.75. The molecule has 2 aromatic rings. The largest absolute Gasteiger partial charge is 0.392 e. The highest BCUT2D eigenvalue weighted by Gasteiger charge is 2.34. The standard InChI is InChI=1S/C15H20N4O4S2/c1-10(20)8-16-15(21)11-4-3-7-19(9-11)25(22,23)13-6-2-5-12-14(13)18-24-17-12/h2,5-6,10-11,20H,3-4,7-9H2,1H3,(H,16,21)/t10-,11-/m0/s1. The van der Waals surface area contributed by atoms with Gasteiger partial charge in [-0.05, 0) is 31.9 Å². The lowest BCUT2D eigenvalue weighted by Gasteiger charge is -2.31. The zero-order chi connectivity index (χ0) is 18.0. The average Bonchev–Trinajstić information content (AvgIpc) is 3.08. The summed E-state index contributed by atoms with van der Waals surface area (Å²) in [5.74, 6) is -0.649. The fraction of sp³-hybridized carbons (Fsp3) is 0.533. The second kappa shape index (κ2) is 7.32. The maximum absolute atomic E-state index is 13.0. The number of hydrogen-bond donors (Lipinski definition) is 2. The highest BCUT2D eigenvalue weighted by molar-refractivity contribution is 7.89. The van der Waals surface area contributed by atoms with Crippen molar-refractivity contribution in [2.45, 2.75) is 30.8 Å². The van der Waals surface area contributed by atoms with Gasteiger partial charge in [-0.3, -0.25) is 4.79 Å². The van der Waals surface area contributed by atoms with E-state index in [1.54, 1.807) is 19.1 Å². The number of amides is 1. The monoisotopic (exact) mass is 384 g/mol. The van der Waals surface area contributed by atoms with Gasteiger partial charge >= 0.3 is 0 Å². The third-order valence-corrected chi connectivity index (χ3v) is 6.63. The van der Waals surface area contributed by atoms with Crippen molar-refractivity contribution in [2.24, 2.45) is 5.92 Å². The summed E-state index contributed by atoms with van der Waals surface area (Å²) in [4.78, 5) is 12.3. The summed E-state index contributed by atoms with van der Waals surface area (Å²) in [6.45, 7) is 2.24. The maximum Gasteiger partial charge on any atom is 0.245 e. The number of piperidine rings is 1. The molecule has 8 nitrogen and oxygen atoms in total. The predicted octanol–water partition coefficient (Wildman–Crippen LogP) is 0.589. The van der Waals surface area contributed by atoms with Gasteiger partial charge in [0.05, 0.1) is 23.8 Å². The summed E-state index contributed by atoms with van der Waals surface area (Å²) in [5.41, 5.74) is 0.919. The van der Waals surface area contributed by atoms with E-state index >= 15 is 0 Å². The molecule has 1 aliphatic rings. The number of sulfonamides is 1. The summed E-state index contributed by atoms with van der Waals surface area (Å²) in [6.07, 6.45) is 0.597. The number of hydrogen-bond acceptors (Lipinski definition) is 7. The van der Waals surface area contributed by atoms with Crippen molar-refractivity contribution in [3.63, 3.8) is 0 Å². The summed E-state index contributed by atoms with van der Waals surface area (Å²) in [6, 6.07) is 4.89. The predicted molar refractivity (Wildman–Crippen MR) is 93.6 cm³/mol. The van der Waals surface area contributed by atoms with Crippen LogP contribution in [0.15, 0.2) is 23.1 Å². The summed E-state index contributed by atoms with van der Waals surface area (Å²) in [5, 5.41) is 11.9. The molecule has 0 bridgehead atoms. The van der Waals surface area contributed by atoms with Crippen molar-refractivity contribution < 1.29 is 18.3 Å². The van der Waals surface area contributed by atoms with Gasteiger partial charge in [-0.2, -0.15) is 13.1 Å². The molecular formula is C15H20N4O4S2. The maximum atomic E-state index is 13.0. The van der Waals surface area contributed by atoms with E-state index in [1.165, 1.54) is 10.4 Å². The number of aromatic nitrogens is 2. The first kappa shape index (κ1) is 18.2. The molecule has 0 unspecified atom stereocenters. The van der Waals surface area contributed by atoms with E-state index in [0.29, 0.717) is 30.4 Å². The van der Waals surface area contributed by atoms with Crippen LogP contribution >= 0.6 is 11.7 Å². The molecule has 1 fully saturated rings. The van der Waals surface area contributed by atoms with E-state index in [-0.39, 0.29) is 23.9 Å². The zero-order valence-corrected chi connectivity index (χ0v) is 15.4. The molecule has 1 aromatic carbocycles. The number of nitrogens with one attached hydrogen (secondary N) is 1. The Hall–Kier alpha value is -1.62. The lowest BCUT2D eigenvalue weighted by molar-refractivity contribution is -0.126. The van der Waals surface area contributed by atoms with Crippen LogP contribution in [0.3, 0.4) is 0 Å². The van der Waals surface area contributed by atoms with Crippen molar-refractivity contribution in [1.82, 2.24) is 18.4 Å². The Labute approximate surface area is 150 Å². The number of carbonyl (C=O) groups excluding carboxylic acids is 1. The molecular weight excluding hydrogens is 364 g/mol. The van der Waals surface area contributed by atoms with Gasteiger partial charge < -0.3 is 10.4 Å². The van der Waals surface area contributed by atoms with Gasteiger partial charge in [-0.15, -0.1) is 0 Å². The second-order valence-corrected chi connectivity index (χ2v) is 8.62. The first-order valence-electron chi connectivity index (χ1n) is 8.07. The topological polar surface area (TPSA) is 112 Å². The van der Waals surface area contributed by atoms with Crippen LogP contribution in [-0.2, 0) is 14.8 Å². The lowest BCUT2D eigenvalue weighted by Crippen LogP contribution is -2.46. The van der Waals surface area contributed by atoms with Crippen LogP contribution in [0.5, 0.6) is 0 Å². The van der Waals surface area contributed by atoms with Gasteiger partial charge in [0.25, 0.3) is 0 Å². The highest BCUT2D eigenvalue weighted by Crippen LogP contribution is 2.28. The Morgan fingerprint density at radius 1 is 1.48 bits per heavy atom. The molecule has 0 spiro atoms. The molecule has 1 saturated heterocycles. The van der Waals surface area contributed by atoms with Gasteiger partial charge in [0.1, 0.15) is 15.9 Å². The van der Waals surface area contributed by atoms with Gasteiger partial charge in [-0.25, -0.2) is 8.42 Å². The molecule has 1 aliphatic heterocycles.